The Morgan fingerprint density at radius 3 is 2.67 bits per heavy atom. The molecule has 9 heteroatoms. The molecule has 0 radical (unpaired) electrons. The number of hydrogen-bond acceptors (Lipinski definition) is 7. The fraction of sp³-hybridized carbons (Fsp3) is 0.222. The number of pyridine rings is 1. The third kappa shape index (κ3) is 5.46. The van der Waals surface area contributed by atoms with E-state index in [1.165, 1.54) is 23.5 Å². The summed E-state index contributed by atoms with van der Waals surface area (Å²) in [5, 5.41) is 0. The minimum atomic E-state index is 0.510. The van der Waals surface area contributed by atoms with Crippen LogP contribution in [0.5, 0.6) is 0 Å². The van der Waals surface area contributed by atoms with Crippen molar-refractivity contribution in [2.24, 2.45) is 11.7 Å². The molecule has 1 rings (SSSR count). The lowest BCUT2D eigenvalue weighted by atomic mass is 10.3. The van der Waals surface area contributed by atoms with Crippen molar-refractivity contribution in [2.75, 3.05) is 5.75 Å². The highest BCUT2D eigenvalue weighted by Gasteiger charge is 2.07. The standard InChI is InChI=1S/C9H13N5S4/c10-13-8(15)17-5-3-6-7(2-1-4-12-6)18-9(16)14-11/h1-2,4H,3,5,10-11H2,(H,13,15)(H,14,16). The molecule has 0 atom stereocenters. The quantitative estimate of drug-likeness (QED) is 0.280. The zero-order valence-electron chi connectivity index (χ0n) is 9.38. The summed E-state index contributed by atoms with van der Waals surface area (Å²) in [5.41, 5.74) is 5.83. The average molecular weight is 320 g/mol. The lowest BCUT2D eigenvalue weighted by molar-refractivity contribution is 0.990. The molecule has 0 saturated heterocycles. The van der Waals surface area contributed by atoms with Crippen LogP contribution in [-0.4, -0.2) is 19.4 Å². The van der Waals surface area contributed by atoms with Crippen molar-refractivity contribution in [2.45, 2.75) is 11.3 Å². The molecule has 1 aromatic rings. The first-order valence-electron chi connectivity index (χ1n) is 4.93. The van der Waals surface area contributed by atoms with Gasteiger partial charge in [0.15, 0.2) is 4.32 Å². The molecular weight excluding hydrogens is 306 g/mol. The summed E-state index contributed by atoms with van der Waals surface area (Å²) >= 11 is 12.8. The molecule has 5 nitrogen and oxygen atoms in total. The van der Waals surface area contributed by atoms with Crippen LogP contribution in [0.3, 0.4) is 0 Å². The Kier molecular flexibility index (Phi) is 7.47. The number of nitrogens with one attached hydrogen (secondary N) is 2. The molecule has 0 aliphatic rings. The number of aryl methyl sites for hydroxylation is 1. The fourth-order valence-electron chi connectivity index (χ4n) is 1.12. The van der Waals surface area contributed by atoms with Crippen LogP contribution in [0.25, 0.3) is 0 Å². The highest BCUT2D eigenvalue weighted by molar-refractivity contribution is 8.23. The van der Waals surface area contributed by atoms with Gasteiger partial charge in [-0.25, -0.2) is 11.7 Å². The van der Waals surface area contributed by atoms with Crippen molar-refractivity contribution < 1.29 is 0 Å². The lowest BCUT2D eigenvalue weighted by Gasteiger charge is -2.08. The van der Waals surface area contributed by atoms with E-state index in [0.29, 0.717) is 8.64 Å². The number of rotatable bonds is 4. The second kappa shape index (κ2) is 8.62. The molecule has 0 amide bonds. The number of hydrogen-bond donors (Lipinski definition) is 4. The number of nitrogens with two attached hydrogens (primary N) is 2. The van der Waals surface area contributed by atoms with Crippen molar-refractivity contribution >= 4 is 56.6 Å². The molecule has 0 aliphatic carbocycles. The van der Waals surface area contributed by atoms with Crippen LogP contribution in [-0.2, 0) is 6.42 Å². The van der Waals surface area contributed by atoms with E-state index < -0.39 is 0 Å². The van der Waals surface area contributed by atoms with Gasteiger partial charge in [-0.05, 0) is 12.1 Å². The first-order valence-corrected chi connectivity index (χ1v) is 7.55. The molecular formula is C9H13N5S4. The van der Waals surface area contributed by atoms with Gasteiger partial charge >= 0.3 is 0 Å². The van der Waals surface area contributed by atoms with Gasteiger partial charge in [0, 0.05) is 23.3 Å². The minimum Gasteiger partial charge on any atom is -0.309 e. The van der Waals surface area contributed by atoms with Gasteiger partial charge in [-0.1, -0.05) is 48.0 Å². The predicted octanol–water partition coefficient (Wildman–Crippen LogP) is 0.946. The van der Waals surface area contributed by atoms with Crippen LogP contribution < -0.4 is 22.5 Å². The lowest BCUT2D eigenvalue weighted by Crippen LogP contribution is -2.26. The number of nitrogens with zero attached hydrogens (tertiary/aromatic N) is 1. The SMILES string of the molecule is NNC(=S)SCCc1ncccc1SC(=S)NN. The maximum absolute atomic E-state index is 5.25. The van der Waals surface area contributed by atoms with Gasteiger partial charge in [0.2, 0.25) is 0 Å². The first kappa shape index (κ1) is 15.6. The molecule has 0 saturated carbocycles. The summed E-state index contributed by atoms with van der Waals surface area (Å²) in [4.78, 5) is 5.32. The van der Waals surface area contributed by atoms with Crippen LogP contribution in [0.4, 0.5) is 0 Å². The smallest absolute Gasteiger partial charge is 0.152 e. The molecule has 0 aliphatic heterocycles. The molecule has 98 valence electrons. The maximum Gasteiger partial charge on any atom is 0.152 e. The number of hydrazine groups is 2. The second-order valence-electron chi connectivity index (χ2n) is 3.01. The van der Waals surface area contributed by atoms with E-state index in [2.05, 4.69) is 15.8 Å². The number of thioether (sulfide) groups is 2. The Hall–Kier alpha value is -0.450. The van der Waals surface area contributed by atoms with Crippen LogP contribution in [0.2, 0.25) is 0 Å². The molecule has 18 heavy (non-hydrogen) atoms. The van der Waals surface area contributed by atoms with E-state index in [1.807, 2.05) is 12.1 Å². The van der Waals surface area contributed by atoms with E-state index in [9.17, 15) is 0 Å². The van der Waals surface area contributed by atoms with Gasteiger partial charge in [-0.3, -0.25) is 4.98 Å². The predicted molar refractivity (Wildman–Crippen MR) is 86.1 cm³/mol. The zero-order chi connectivity index (χ0) is 13.4. The summed E-state index contributed by atoms with van der Waals surface area (Å²) in [5.74, 6) is 11.2. The largest absolute Gasteiger partial charge is 0.309 e. The third-order valence-electron chi connectivity index (χ3n) is 1.86. The number of aromatic nitrogens is 1. The van der Waals surface area contributed by atoms with Gasteiger partial charge in [-0.15, -0.1) is 0 Å². The van der Waals surface area contributed by atoms with Gasteiger partial charge in [0.1, 0.15) is 4.32 Å². The summed E-state index contributed by atoms with van der Waals surface area (Å²) in [7, 11) is 0. The summed E-state index contributed by atoms with van der Waals surface area (Å²) in [6, 6.07) is 3.82. The van der Waals surface area contributed by atoms with Gasteiger partial charge in [0.25, 0.3) is 0 Å². The van der Waals surface area contributed by atoms with Crippen molar-refractivity contribution in [3.63, 3.8) is 0 Å². The van der Waals surface area contributed by atoms with Crippen LogP contribution in [0, 0.1) is 0 Å². The third-order valence-corrected chi connectivity index (χ3v) is 4.38. The molecule has 1 heterocycles. The zero-order valence-corrected chi connectivity index (χ0v) is 12.6. The van der Waals surface area contributed by atoms with Gasteiger partial charge in [-0.2, -0.15) is 0 Å². The summed E-state index contributed by atoms with van der Waals surface area (Å²) in [6.45, 7) is 0. The van der Waals surface area contributed by atoms with Crippen molar-refractivity contribution in [1.82, 2.24) is 15.8 Å². The molecule has 6 N–H and O–H groups in total. The topological polar surface area (TPSA) is 89.0 Å². The molecule has 1 aromatic heterocycles. The van der Waals surface area contributed by atoms with E-state index in [-0.39, 0.29) is 0 Å². The Bertz CT molecular complexity index is 425. The Labute approximate surface area is 125 Å². The maximum atomic E-state index is 5.25. The monoisotopic (exact) mass is 319 g/mol. The van der Waals surface area contributed by atoms with Crippen molar-refractivity contribution in [3.8, 4) is 0 Å². The van der Waals surface area contributed by atoms with Crippen LogP contribution in [0.1, 0.15) is 5.69 Å². The summed E-state index contributed by atoms with van der Waals surface area (Å²) in [6.07, 6.45) is 2.53. The average Bonchev–Trinajstić information content (AvgIpc) is 2.40. The highest BCUT2D eigenvalue weighted by Crippen LogP contribution is 2.22. The molecule has 0 bridgehead atoms. The van der Waals surface area contributed by atoms with Crippen LogP contribution >= 0.6 is 48.0 Å². The van der Waals surface area contributed by atoms with Crippen molar-refractivity contribution in [1.29, 1.82) is 0 Å². The first-order chi connectivity index (χ1) is 8.67. The minimum absolute atomic E-state index is 0.510. The van der Waals surface area contributed by atoms with E-state index in [1.54, 1.807) is 6.20 Å². The van der Waals surface area contributed by atoms with Crippen LogP contribution in [0.15, 0.2) is 23.2 Å². The van der Waals surface area contributed by atoms with E-state index >= 15 is 0 Å². The Morgan fingerprint density at radius 2 is 2.00 bits per heavy atom. The molecule has 0 aromatic carbocycles. The number of thiocarbonyl (C=S) groups is 2. The second-order valence-corrected chi connectivity index (χ2v) is 6.50. The van der Waals surface area contributed by atoms with E-state index in [4.69, 9.17) is 36.1 Å². The Morgan fingerprint density at radius 1 is 1.28 bits per heavy atom. The van der Waals surface area contributed by atoms with Gasteiger partial charge < -0.3 is 10.9 Å². The summed E-state index contributed by atoms with van der Waals surface area (Å²) < 4.78 is 1.08. The van der Waals surface area contributed by atoms with Crippen molar-refractivity contribution in [3.05, 3.63) is 24.0 Å². The van der Waals surface area contributed by atoms with E-state index in [0.717, 1.165) is 22.8 Å². The molecule has 0 spiro atoms. The fourth-order valence-corrected chi connectivity index (χ4v) is 2.88. The normalized spacial score (nSPS) is 9.89. The van der Waals surface area contributed by atoms with Gasteiger partial charge in [0.05, 0.1) is 5.69 Å². The molecule has 0 fully saturated rings. The Balaban J connectivity index is 2.59. The molecule has 0 unspecified atom stereocenters. The highest BCUT2D eigenvalue weighted by atomic mass is 32.2.